The normalized spacial score (nSPS) is 10.7. The molecule has 0 aliphatic rings. The third-order valence-electron chi connectivity index (χ3n) is 5.61. The molecule has 0 heterocycles. The predicted molar refractivity (Wildman–Crippen MR) is 139 cm³/mol. The second-order valence-electron chi connectivity index (χ2n) is 8.28. The Hall–Kier alpha value is -0.646. The number of carboxylic acid groups (broad SMARTS) is 1. The van der Waals surface area contributed by atoms with E-state index in [9.17, 15) is 9.36 Å². The Labute approximate surface area is 229 Å². The number of unbranched alkanes of at least 4 members (excludes halogenated alkanes) is 11. The van der Waals surface area contributed by atoms with Gasteiger partial charge in [-0.2, -0.15) is 5.26 Å². The van der Waals surface area contributed by atoms with Crippen molar-refractivity contribution >= 4 is 14.2 Å². The van der Waals surface area contributed by atoms with Gasteiger partial charge in [0.25, 0.3) is 0 Å². The minimum absolute atomic E-state index is 0. The van der Waals surface area contributed by atoms with Gasteiger partial charge in [0.15, 0.2) is 0 Å². The number of allylic oxidation sites excluding steroid dienone is 2. The molecule has 10 heteroatoms. The summed E-state index contributed by atoms with van der Waals surface area (Å²) in [6.45, 7) is 5.92. The molecule has 0 aromatic rings. The molecule has 0 aromatic heterocycles. The summed E-state index contributed by atoms with van der Waals surface area (Å²) < 4.78 is 15.2. The smallest absolute Gasteiger partial charge is 0.481 e. The fourth-order valence-corrected chi connectivity index (χ4v) is 3.97. The van der Waals surface area contributed by atoms with Crippen molar-refractivity contribution in [3.05, 3.63) is 12.2 Å². The van der Waals surface area contributed by atoms with E-state index >= 15 is 0 Å². The summed E-state index contributed by atoms with van der Waals surface area (Å²) in [7, 11) is -2.61. The van der Waals surface area contributed by atoms with Crippen LogP contribution in [-0.2, 0) is 35.6 Å². The van der Waals surface area contributed by atoms with Crippen molar-refractivity contribution in [2.24, 2.45) is 0 Å². The van der Waals surface area contributed by atoms with Gasteiger partial charge in [0.1, 0.15) is 5.60 Å². The summed E-state index contributed by atoms with van der Waals surface area (Å²) in [6, 6.07) is 1.95. The van der Waals surface area contributed by atoms with Crippen LogP contribution in [0.5, 0.6) is 0 Å². The Kier molecular flexibility index (Phi) is 42.3. The van der Waals surface area contributed by atoms with Crippen LogP contribution in [0.25, 0.3) is 0 Å². The summed E-state index contributed by atoms with van der Waals surface area (Å²) >= 11 is 0. The fraction of sp³-hybridized carbons (Fsp3) is 0.840. The van der Waals surface area contributed by atoms with Gasteiger partial charge < -0.3 is 16.1 Å². The van der Waals surface area contributed by atoms with E-state index in [-0.39, 0.29) is 39.1 Å². The Morgan fingerprint density at radius 3 is 1.69 bits per heavy atom. The topological polar surface area (TPSA) is 171 Å². The maximum atomic E-state index is 10.4. The molecule has 1 atom stereocenters. The van der Waals surface area contributed by atoms with Gasteiger partial charge in [-0.05, 0) is 44.9 Å². The zero-order valence-corrected chi connectivity index (χ0v) is 24.6. The first-order valence-electron chi connectivity index (χ1n) is 12.5. The van der Waals surface area contributed by atoms with Gasteiger partial charge in [-0.1, -0.05) is 84.3 Å². The van der Waals surface area contributed by atoms with Crippen molar-refractivity contribution in [2.75, 3.05) is 0 Å². The van der Waals surface area contributed by atoms with Crippen molar-refractivity contribution in [3.8, 4) is 6.07 Å². The Bertz CT molecular complexity index is 538. The summed E-state index contributed by atoms with van der Waals surface area (Å²) in [4.78, 5) is 18.9. The quantitative estimate of drug-likeness (QED) is 0.0742. The number of carboxylic acids is 1. The maximum absolute atomic E-state index is 10.4. The molecule has 35 heavy (non-hydrogen) atoms. The van der Waals surface area contributed by atoms with E-state index in [1.165, 1.54) is 70.6 Å². The maximum Gasteiger partial charge on any atom is 0.695 e. The molecule has 0 aliphatic heterocycles. The van der Waals surface area contributed by atoms with Crippen molar-refractivity contribution in [1.82, 2.24) is 0 Å². The first-order chi connectivity index (χ1) is 15.4. The predicted octanol–water partition coefficient (Wildman–Crippen LogP) is 6.58. The number of hydrogen-bond acceptors (Lipinski definition) is 4. The van der Waals surface area contributed by atoms with E-state index in [1.807, 2.05) is 19.9 Å². The van der Waals surface area contributed by atoms with Crippen molar-refractivity contribution < 1.29 is 56.6 Å². The van der Waals surface area contributed by atoms with Crippen LogP contribution in [0.4, 0.5) is 0 Å². The minimum atomic E-state index is -2.61. The molecule has 0 rings (SSSR count). The van der Waals surface area contributed by atoms with Crippen LogP contribution in [0.1, 0.15) is 130 Å². The molecule has 0 aliphatic carbocycles. The number of rotatable bonds is 20. The van der Waals surface area contributed by atoms with Crippen molar-refractivity contribution in [3.63, 3.8) is 0 Å². The molecule has 0 saturated heterocycles. The van der Waals surface area contributed by atoms with Crippen molar-refractivity contribution in [2.45, 2.75) is 136 Å². The first-order valence-corrected chi connectivity index (χ1v) is 13.6. The van der Waals surface area contributed by atoms with Gasteiger partial charge in [0.05, 0.1) is 12.5 Å². The summed E-state index contributed by atoms with van der Waals surface area (Å²) in [5.74, 6) is -0.664. The van der Waals surface area contributed by atoms with Crippen molar-refractivity contribution in [1.29, 1.82) is 5.26 Å². The van der Waals surface area contributed by atoms with Crippen LogP contribution in [0.3, 0.4) is 0 Å². The number of hydrogen-bond donors (Lipinski definition) is 2. The average molecular weight is 557 g/mol. The molecule has 0 bridgehead atoms. The summed E-state index contributed by atoms with van der Waals surface area (Å²) in [5.41, 5.74) is -0.739. The molecule has 0 aromatic carbocycles. The molecular weight excluding hydrogens is 505 g/mol. The molecule has 6 N–H and O–H groups in total. The second-order valence-corrected chi connectivity index (χ2v) is 8.94. The second kappa shape index (κ2) is 33.4. The number of aliphatic carboxylic acids is 1. The monoisotopic (exact) mass is 556 g/mol. The van der Waals surface area contributed by atoms with Gasteiger partial charge in [-0.25, -0.2) is 0 Å². The molecular formula is C25H51NO7PTi+. The van der Waals surface area contributed by atoms with E-state index in [0.29, 0.717) is 19.3 Å². The summed E-state index contributed by atoms with van der Waals surface area (Å²) in [6.07, 6.45) is 22.5. The molecule has 0 spiro atoms. The Balaban J connectivity index is -0.000000174. The van der Waals surface area contributed by atoms with E-state index in [2.05, 4.69) is 19.1 Å². The standard InChI is InChI=1S/C18H34O2.C7H12NO3P.2H2O.Ti/c1-2-3-4-5-6-7-8-9-10-11-12-13-14-15-16-17-18(19)20;1-3-7(4-2,5-6-8)11-12(9)10;;;/h9-10H,2-8,11-17H2,1H3,(H,19,20);3-5H2,1-2H3;2*1H2;/p+1/b10-9-;;;;. The SMILES string of the molecule is CCC(CC)(CC#N)O[P+](=O)O.CCCCCCCC/C=C\CCCCCCCC(=O)O.O.O.[Ti]. The Morgan fingerprint density at radius 2 is 1.31 bits per heavy atom. The first kappa shape index (κ1) is 44.4. The van der Waals surface area contributed by atoms with E-state index in [0.717, 1.165) is 12.8 Å². The van der Waals surface area contributed by atoms with E-state index in [1.54, 1.807) is 0 Å². The van der Waals surface area contributed by atoms with Gasteiger partial charge >= 0.3 is 14.2 Å². The number of carbonyl (C=O) groups is 1. The van der Waals surface area contributed by atoms with Crippen LogP contribution in [0.2, 0.25) is 0 Å². The van der Waals surface area contributed by atoms with Gasteiger partial charge in [0, 0.05) is 32.7 Å². The molecule has 0 fully saturated rings. The van der Waals surface area contributed by atoms with Crippen LogP contribution < -0.4 is 0 Å². The molecule has 8 nitrogen and oxygen atoms in total. The zero-order chi connectivity index (χ0) is 24.5. The van der Waals surface area contributed by atoms with Gasteiger partial charge in [-0.15, -0.1) is 9.42 Å². The fourth-order valence-electron chi connectivity index (χ4n) is 3.32. The third-order valence-corrected chi connectivity index (χ3v) is 6.16. The van der Waals surface area contributed by atoms with Gasteiger partial charge in [-0.3, -0.25) is 4.79 Å². The molecule has 0 radical (unpaired) electrons. The van der Waals surface area contributed by atoms with Crippen LogP contribution in [-0.4, -0.2) is 32.5 Å². The molecule has 0 saturated carbocycles. The van der Waals surface area contributed by atoms with E-state index < -0.39 is 19.8 Å². The number of nitrogens with zero attached hydrogens (tertiary/aromatic N) is 1. The molecule has 206 valence electrons. The van der Waals surface area contributed by atoms with E-state index in [4.69, 9.17) is 19.8 Å². The largest absolute Gasteiger partial charge is 0.695 e. The third kappa shape index (κ3) is 33.4. The average Bonchev–Trinajstić information content (AvgIpc) is 2.76. The summed E-state index contributed by atoms with van der Waals surface area (Å²) in [5, 5.41) is 17.0. The zero-order valence-electron chi connectivity index (χ0n) is 22.2. The van der Waals surface area contributed by atoms with Crippen LogP contribution >= 0.6 is 8.25 Å². The van der Waals surface area contributed by atoms with Gasteiger partial charge in [0.2, 0.25) is 0 Å². The molecule has 1 unspecified atom stereocenters. The van der Waals surface area contributed by atoms with Crippen LogP contribution in [0.15, 0.2) is 12.2 Å². The van der Waals surface area contributed by atoms with Crippen LogP contribution in [0, 0.1) is 11.3 Å². The Morgan fingerprint density at radius 1 is 0.886 bits per heavy atom. The minimum Gasteiger partial charge on any atom is -0.481 e. The number of nitriles is 1. The molecule has 0 amide bonds.